The molecule has 0 saturated carbocycles. The van der Waals surface area contributed by atoms with Crippen LogP contribution in [0.3, 0.4) is 0 Å². The molecule has 1 aliphatic rings. The van der Waals surface area contributed by atoms with Crippen molar-refractivity contribution in [2.24, 2.45) is 0 Å². The number of anilines is 1. The molecule has 1 N–H and O–H groups in total. The molecule has 0 aliphatic carbocycles. The Kier molecular flexibility index (Phi) is 6.26. The molecule has 0 unspecified atom stereocenters. The van der Waals surface area contributed by atoms with Crippen LogP contribution in [-0.2, 0) is 9.59 Å². The topological polar surface area (TPSA) is 98.2 Å². The van der Waals surface area contributed by atoms with Gasteiger partial charge in [-0.25, -0.2) is 9.37 Å². The highest BCUT2D eigenvalue weighted by molar-refractivity contribution is 7.22. The molecule has 1 atom stereocenters. The molecule has 1 saturated heterocycles. The average molecular weight is 521 g/mol. The Hall–Kier alpha value is -4.44. The number of ketones is 1. The van der Waals surface area contributed by atoms with Crippen LogP contribution in [0.25, 0.3) is 16.0 Å². The van der Waals surface area contributed by atoms with Gasteiger partial charge in [-0.3, -0.25) is 14.5 Å². The molecule has 37 heavy (non-hydrogen) atoms. The second-order valence-electron chi connectivity index (χ2n) is 8.09. The van der Waals surface area contributed by atoms with E-state index in [1.165, 1.54) is 42.6 Å². The highest BCUT2D eigenvalue weighted by Gasteiger charge is 2.49. The number of Topliss-reactive ketones (excluding diaryl/α,β-unsaturated/α-hetero) is 1. The van der Waals surface area contributed by atoms with Gasteiger partial charge in [-0.1, -0.05) is 23.5 Å². The van der Waals surface area contributed by atoms with Gasteiger partial charge in [0, 0.05) is 11.1 Å². The molecule has 0 spiro atoms. The van der Waals surface area contributed by atoms with E-state index in [1.54, 1.807) is 43.5 Å². The van der Waals surface area contributed by atoms with Crippen molar-refractivity contribution in [2.75, 3.05) is 26.2 Å². The van der Waals surface area contributed by atoms with Crippen LogP contribution < -0.4 is 19.1 Å². The van der Waals surface area contributed by atoms with Gasteiger partial charge in [-0.2, -0.15) is 0 Å². The predicted molar refractivity (Wildman–Crippen MR) is 137 cm³/mol. The molecule has 1 aliphatic heterocycles. The zero-order chi connectivity index (χ0) is 26.3. The number of para-hydroxylation sites is 1. The number of aliphatic hydroxyl groups is 1. The third-order valence-electron chi connectivity index (χ3n) is 6.08. The number of halogens is 1. The van der Waals surface area contributed by atoms with E-state index in [0.29, 0.717) is 22.6 Å². The van der Waals surface area contributed by atoms with Crippen LogP contribution in [0.1, 0.15) is 17.2 Å². The first kappa shape index (κ1) is 24.3. The van der Waals surface area contributed by atoms with E-state index in [4.69, 9.17) is 14.2 Å². The lowest BCUT2D eigenvalue weighted by Gasteiger charge is -2.25. The van der Waals surface area contributed by atoms with E-state index >= 15 is 0 Å². The van der Waals surface area contributed by atoms with Crippen LogP contribution in [0.15, 0.2) is 66.2 Å². The Morgan fingerprint density at radius 2 is 1.76 bits per heavy atom. The van der Waals surface area contributed by atoms with Crippen molar-refractivity contribution in [1.82, 2.24) is 4.98 Å². The van der Waals surface area contributed by atoms with Crippen LogP contribution in [0, 0.1) is 5.82 Å². The summed E-state index contributed by atoms with van der Waals surface area (Å²) in [6.07, 6.45) is 0. The van der Waals surface area contributed by atoms with Gasteiger partial charge in [-0.05, 0) is 48.5 Å². The molecule has 1 fully saturated rings. The lowest BCUT2D eigenvalue weighted by Crippen LogP contribution is -2.29. The Morgan fingerprint density at radius 3 is 2.43 bits per heavy atom. The summed E-state index contributed by atoms with van der Waals surface area (Å²) in [5.41, 5.74) is 1.01. The van der Waals surface area contributed by atoms with Crippen molar-refractivity contribution in [2.45, 2.75) is 6.04 Å². The third-order valence-corrected chi connectivity index (χ3v) is 7.10. The number of hydrogen-bond acceptors (Lipinski definition) is 8. The van der Waals surface area contributed by atoms with Crippen molar-refractivity contribution in [1.29, 1.82) is 0 Å². The summed E-state index contributed by atoms with van der Waals surface area (Å²) >= 11 is 1.20. The number of aromatic nitrogens is 1. The molecule has 1 amide bonds. The summed E-state index contributed by atoms with van der Waals surface area (Å²) in [6.45, 7) is 0. The fraction of sp³-hybridized carbons (Fsp3) is 0.148. The van der Waals surface area contributed by atoms with Gasteiger partial charge in [0.2, 0.25) is 0 Å². The monoisotopic (exact) mass is 520 g/mol. The minimum absolute atomic E-state index is 0.181. The van der Waals surface area contributed by atoms with Gasteiger partial charge in [0.15, 0.2) is 16.6 Å². The molecule has 5 rings (SSSR count). The summed E-state index contributed by atoms with van der Waals surface area (Å²) in [5, 5.41) is 11.5. The molecule has 2 heterocycles. The largest absolute Gasteiger partial charge is 0.507 e. The standard InChI is InChI=1S/C27H21FN2O6S/c1-34-16-11-12-18-20(13-16)37-27(29-18)30-22(17-5-4-6-19(35-2)25(17)36-3)21(24(32)26(30)33)23(31)14-7-9-15(28)10-8-14/h4-13,22,31H,1-3H3/b23-21+/t22-/m1/s1. The first-order chi connectivity index (χ1) is 17.9. The van der Waals surface area contributed by atoms with Gasteiger partial charge >= 0.3 is 5.91 Å². The normalized spacial score (nSPS) is 16.9. The smallest absolute Gasteiger partial charge is 0.301 e. The first-order valence-corrected chi connectivity index (χ1v) is 11.9. The number of rotatable bonds is 6. The van der Waals surface area contributed by atoms with Crippen molar-refractivity contribution in [3.8, 4) is 17.2 Å². The van der Waals surface area contributed by atoms with E-state index in [-0.39, 0.29) is 22.0 Å². The number of ether oxygens (including phenoxy) is 3. The minimum atomic E-state index is -1.10. The number of benzene rings is 3. The maximum absolute atomic E-state index is 13.6. The van der Waals surface area contributed by atoms with Crippen molar-refractivity contribution >= 4 is 44.1 Å². The maximum Gasteiger partial charge on any atom is 0.301 e. The van der Waals surface area contributed by atoms with Crippen molar-refractivity contribution < 1.29 is 33.3 Å². The number of thiazole rings is 1. The number of fused-ring (bicyclic) bond motifs is 1. The Labute approximate surface area is 215 Å². The van der Waals surface area contributed by atoms with E-state index in [0.717, 1.165) is 16.8 Å². The van der Waals surface area contributed by atoms with E-state index in [9.17, 15) is 19.1 Å². The van der Waals surface area contributed by atoms with Gasteiger partial charge in [-0.15, -0.1) is 0 Å². The Balaban J connectivity index is 1.77. The highest BCUT2D eigenvalue weighted by Crippen LogP contribution is 2.48. The van der Waals surface area contributed by atoms with Crippen LogP contribution in [0.5, 0.6) is 17.2 Å². The van der Waals surface area contributed by atoms with Gasteiger partial charge in [0.1, 0.15) is 23.4 Å². The lowest BCUT2D eigenvalue weighted by molar-refractivity contribution is -0.132. The number of carbonyl (C=O) groups is 2. The van der Waals surface area contributed by atoms with Gasteiger partial charge in [0.25, 0.3) is 5.78 Å². The molecule has 1 aromatic heterocycles. The van der Waals surface area contributed by atoms with E-state index in [1.807, 2.05) is 0 Å². The zero-order valence-corrected chi connectivity index (χ0v) is 20.8. The maximum atomic E-state index is 13.6. The average Bonchev–Trinajstić information content (AvgIpc) is 3.45. The summed E-state index contributed by atoms with van der Waals surface area (Å²) in [4.78, 5) is 32.7. The number of carbonyl (C=O) groups excluding carboxylic acids is 2. The summed E-state index contributed by atoms with van der Waals surface area (Å²) in [5.74, 6) is -1.45. The Morgan fingerprint density at radius 1 is 1.00 bits per heavy atom. The fourth-order valence-electron chi connectivity index (χ4n) is 4.34. The number of aliphatic hydroxyl groups excluding tert-OH is 1. The second-order valence-corrected chi connectivity index (χ2v) is 9.10. The van der Waals surface area contributed by atoms with Crippen LogP contribution in [-0.4, -0.2) is 43.1 Å². The first-order valence-electron chi connectivity index (χ1n) is 11.1. The number of hydrogen-bond donors (Lipinski definition) is 1. The lowest BCUT2D eigenvalue weighted by atomic mass is 9.94. The third kappa shape index (κ3) is 4.05. The molecule has 0 radical (unpaired) electrons. The van der Waals surface area contributed by atoms with Crippen molar-refractivity contribution in [3.63, 3.8) is 0 Å². The van der Waals surface area contributed by atoms with Crippen molar-refractivity contribution in [3.05, 3.63) is 83.2 Å². The van der Waals surface area contributed by atoms with Gasteiger partial charge in [0.05, 0.1) is 37.1 Å². The van der Waals surface area contributed by atoms with Crippen LogP contribution >= 0.6 is 11.3 Å². The van der Waals surface area contributed by atoms with Gasteiger partial charge < -0.3 is 19.3 Å². The molecule has 188 valence electrons. The molecule has 10 heteroatoms. The second kappa shape index (κ2) is 9.55. The summed E-state index contributed by atoms with van der Waals surface area (Å²) in [6, 6.07) is 14.2. The van der Waals surface area contributed by atoms with Crippen LogP contribution in [0.4, 0.5) is 9.52 Å². The fourth-order valence-corrected chi connectivity index (χ4v) is 5.36. The van der Waals surface area contributed by atoms with E-state index < -0.39 is 29.3 Å². The molecule has 0 bridgehead atoms. The number of amides is 1. The molecule has 8 nitrogen and oxygen atoms in total. The Bertz CT molecular complexity index is 1560. The van der Waals surface area contributed by atoms with E-state index in [2.05, 4.69) is 4.98 Å². The molecular weight excluding hydrogens is 499 g/mol. The zero-order valence-electron chi connectivity index (χ0n) is 20.0. The number of methoxy groups -OCH3 is 3. The quantitative estimate of drug-likeness (QED) is 0.215. The van der Waals surface area contributed by atoms with Crippen LogP contribution in [0.2, 0.25) is 0 Å². The molecular formula is C27H21FN2O6S. The number of nitrogens with zero attached hydrogens (tertiary/aromatic N) is 2. The molecule has 3 aromatic carbocycles. The minimum Gasteiger partial charge on any atom is -0.507 e. The highest BCUT2D eigenvalue weighted by atomic mass is 32.1. The summed E-state index contributed by atoms with van der Waals surface area (Å²) < 4.78 is 30.6. The summed E-state index contributed by atoms with van der Waals surface area (Å²) in [7, 11) is 4.46. The SMILES string of the molecule is COc1ccc2nc(N3C(=O)C(=O)/C(=C(/O)c4ccc(F)cc4)[C@H]3c3cccc(OC)c3OC)sc2c1. The predicted octanol–water partition coefficient (Wildman–Crippen LogP) is 5.09. The molecule has 4 aromatic rings.